The monoisotopic (exact) mass is 291 g/mol. The Morgan fingerprint density at radius 3 is 2.76 bits per heavy atom. The standard InChI is InChI=1S/C16H25N3O2/c1-3-4-9-18(2)16(20)17-14-7-5-6-8-15(14)19-10-12-21-13-11-19/h5-8H,3-4,9-13H2,1-2H3,(H,17,20). The molecule has 2 amide bonds. The highest BCUT2D eigenvalue weighted by Gasteiger charge is 2.16. The molecule has 0 bridgehead atoms. The molecule has 116 valence electrons. The molecule has 0 aromatic heterocycles. The van der Waals surface area contributed by atoms with Crippen molar-refractivity contribution >= 4 is 17.4 Å². The first-order valence-electron chi connectivity index (χ1n) is 7.66. The molecule has 0 atom stereocenters. The Morgan fingerprint density at radius 2 is 2.05 bits per heavy atom. The molecule has 0 spiro atoms. The highest BCUT2D eigenvalue weighted by molar-refractivity contribution is 5.93. The summed E-state index contributed by atoms with van der Waals surface area (Å²) < 4.78 is 5.39. The van der Waals surface area contributed by atoms with Gasteiger partial charge in [-0.1, -0.05) is 25.5 Å². The molecule has 1 fully saturated rings. The van der Waals surface area contributed by atoms with Gasteiger partial charge in [0.05, 0.1) is 24.6 Å². The molecule has 2 rings (SSSR count). The van der Waals surface area contributed by atoms with E-state index in [1.807, 2.05) is 31.3 Å². The first-order valence-corrected chi connectivity index (χ1v) is 7.66. The lowest BCUT2D eigenvalue weighted by Gasteiger charge is -2.31. The maximum atomic E-state index is 12.2. The van der Waals surface area contributed by atoms with Crippen LogP contribution in [0.15, 0.2) is 24.3 Å². The van der Waals surface area contributed by atoms with E-state index < -0.39 is 0 Å². The summed E-state index contributed by atoms with van der Waals surface area (Å²) in [5.74, 6) is 0. The second-order valence-electron chi connectivity index (χ2n) is 5.32. The SMILES string of the molecule is CCCCN(C)C(=O)Nc1ccccc1N1CCOCC1. The number of amides is 2. The van der Waals surface area contributed by atoms with Crippen LogP contribution < -0.4 is 10.2 Å². The first-order chi connectivity index (χ1) is 10.2. The molecule has 1 aromatic carbocycles. The molecule has 5 nitrogen and oxygen atoms in total. The molecular formula is C16H25N3O2. The van der Waals surface area contributed by atoms with Crippen LogP contribution in [0.3, 0.4) is 0 Å². The molecule has 1 aromatic rings. The first kappa shape index (κ1) is 15.6. The minimum absolute atomic E-state index is 0.0517. The molecule has 0 radical (unpaired) electrons. The van der Waals surface area contributed by atoms with Crippen LogP contribution in [-0.4, -0.2) is 50.8 Å². The molecule has 1 N–H and O–H groups in total. The number of carbonyl (C=O) groups is 1. The summed E-state index contributed by atoms with van der Waals surface area (Å²) in [5, 5.41) is 3.02. The Morgan fingerprint density at radius 1 is 1.33 bits per heavy atom. The predicted octanol–water partition coefficient (Wildman–Crippen LogP) is 2.79. The minimum Gasteiger partial charge on any atom is -0.378 e. The van der Waals surface area contributed by atoms with Crippen LogP contribution >= 0.6 is 0 Å². The van der Waals surface area contributed by atoms with Gasteiger partial charge in [0, 0.05) is 26.7 Å². The van der Waals surface area contributed by atoms with Crippen LogP contribution in [0.1, 0.15) is 19.8 Å². The molecule has 1 aliphatic heterocycles. The number of para-hydroxylation sites is 2. The number of nitrogens with one attached hydrogen (secondary N) is 1. The van der Waals surface area contributed by atoms with Gasteiger partial charge in [0.25, 0.3) is 0 Å². The van der Waals surface area contributed by atoms with Gasteiger partial charge < -0.3 is 19.9 Å². The fraction of sp³-hybridized carbons (Fsp3) is 0.562. The molecule has 1 aliphatic rings. The molecule has 1 saturated heterocycles. The molecule has 1 heterocycles. The Hall–Kier alpha value is -1.75. The lowest BCUT2D eigenvalue weighted by Crippen LogP contribution is -2.37. The molecule has 0 saturated carbocycles. The average Bonchev–Trinajstić information content (AvgIpc) is 2.54. The molecule has 0 unspecified atom stereocenters. The van der Waals surface area contributed by atoms with Crippen molar-refractivity contribution < 1.29 is 9.53 Å². The quantitative estimate of drug-likeness (QED) is 0.907. The maximum absolute atomic E-state index is 12.2. The Bertz CT molecular complexity index is 459. The Balaban J connectivity index is 2.03. The van der Waals surface area contributed by atoms with Gasteiger partial charge in [-0.3, -0.25) is 0 Å². The molecule has 5 heteroatoms. The molecule has 0 aliphatic carbocycles. The zero-order valence-corrected chi connectivity index (χ0v) is 13.0. The average molecular weight is 291 g/mol. The fourth-order valence-electron chi connectivity index (χ4n) is 2.37. The van der Waals surface area contributed by atoms with Gasteiger partial charge >= 0.3 is 6.03 Å². The highest BCUT2D eigenvalue weighted by atomic mass is 16.5. The Labute approximate surface area is 126 Å². The third-order valence-electron chi connectivity index (χ3n) is 3.69. The molecule has 21 heavy (non-hydrogen) atoms. The van der Waals surface area contributed by atoms with Gasteiger partial charge in [-0.25, -0.2) is 4.79 Å². The van der Waals surface area contributed by atoms with Crippen molar-refractivity contribution in [3.05, 3.63) is 24.3 Å². The summed E-state index contributed by atoms with van der Waals surface area (Å²) in [5.41, 5.74) is 1.94. The lowest BCUT2D eigenvalue weighted by atomic mass is 10.2. The summed E-state index contributed by atoms with van der Waals surface area (Å²) in [7, 11) is 1.84. The fourth-order valence-corrected chi connectivity index (χ4v) is 2.37. The van der Waals surface area contributed by atoms with Crippen molar-refractivity contribution in [2.75, 3.05) is 50.1 Å². The minimum atomic E-state index is -0.0517. The number of rotatable bonds is 5. The predicted molar refractivity (Wildman–Crippen MR) is 86.0 cm³/mol. The van der Waals surface area contributed by atoms with Gasteiger partial charge in [-0.05, 0) is 18.6 Å². The smallest absolute Gasteiger partial charge is 0.321 e. The third-order valence-corrected chi connectivity index (χ3v) is 3.69. The number of unbranched alkanes of at least 4 members (excludes halogenated alkanes) is 1. The highest BCUT2D eigenvalue weighted by Crippen LogP contribution is 2.26. The topological polar surface area (TPSA) is 44.8 Å². The number of hydrogen-bond acceptors (Lipinski definition) is 3. The van der Waals surface area contributed by atoms with E-state index in [-0.39, 0.29) is 6.03 Å². The second-order valence-corrected chi connectivity index (χ2v) is 5.32. The summed E-state index contributed by atoms with van der Waals surface area (Å²) in [4.78, 5) is 16.2. The van der Waals surface area contributed by atoms with E-state index in [9.17, 15) is 4.79 Å². The molecular weight excluding hydrogens is 266 g/mol. The van der Waals surface area contributed by atoms with Crippen molar-refractivity contribution in [3.8, 4) is 0 Å². The van der Waals surface area contributed by atoms with Crippen LogP contribution in [0.4, 0.5) is 16.2 Å². The van der Waals surface area contributed by atoms with Gasteiger partial charge in [0.2, 0.25) is 0 Å². The van der Waals surface area contributed by atoms with E-state index in [4.69, 9.17) is 4.74 Å². The third kappa shape index (κ3) is 4.36. The van der Waals surface area contributed by atoms with Crippen molar-refractivity contribution in [3.63, 3.8) is 0 Å². The van der Waals surface area contributed by atoms with Crippen molar-refractivity contribution in [1.82, 2.24) is 4.90 Å². The van der Waals surface area contributed by atoms with Gasteiger partial charge in [0.15, 0.2) is 0 Å². The number of anilines is 2. The van der Waals surface area contributed by atoms with Crippen molar-refractivity contribution in [1.29, 1.82) is 0 Å². The van der Waals surface area contributed by atoms with E-state index in [1.165, 1.54) is 0 Å². The number of nitrogens with zero attached hydrogens (tertiary/aromatic N) is 2. The van der Waals surface area contributed by atoms with Gasteiger partial charge in [-0.15, -0.1) is 0 Å². The van der Waals surface area contributed by atoms with Crippen LogP contribution in [0, 0.1) is 0 Å². The summed E-state index contributed by atoms with van der Waals surface area (Å²) in [6.45, 7) is 6.09. The number of hydrogen-bond donors (Lipinski definition) is 1. The van der Waals surface area contributed by atoms with E-state index in [0.717, 1.165) is 57.1 Å². The van der Waals surface area contributed by atoms with Crippen molar-refractivity contribution in [2.24, 2.45) is 0 Å². The summed E-state index contributed by atoms with van der Waals surface area (Å²) in [6.07, 6.45) is 2.11. The van der Waals surface area contributed by atoms with Crippen LogP contribution in [0.25, 0.3) is 0 Å². The number of morpholine rings is 1. The van der Waals surface area contributed by atoms with E-state index >= 15 is 0 Å². The number of ether oxygens (including phenoxy) is 1. The van der Waals surface area contributed by atoms with E-state index in [2.05, 4.69) is 17.1 Å². The zero-order chi connectivity index (χ0) is 15.1. The van der Waals surface area contributed by atoms with Crippen LogP contribution in [0.5, 0.6) is 0 Å². The van der Waals surface area contributed by atoms with E-state index in [1.54, 1.807) is 4.90 Å². The largest absolute Gasteiger partial charge is 0.378 e. The van der Waals surface area contributed by atoms with Crippen molar-refractivity contribution in [2.45, 2.75) is 19.8 Å². The maximum Gasteiger partial charge on any atom is 0.321 e. The second kappa shape index (κ2) is 7.88. The normalized spacial score (nSPS) is 14.9. The lowest BCUT2D eigenvalue weighted by molar-refractivity contribution is 0.123. The van der Waals surface area contributed by atoms with Gasteiger partial charge in [-0.2, -0.15) is 0 Å². The number of benzene rings is 1. The van der Waals surface area contributed by atoms with Crippen LogP contribution in [0.2, 0.25) is 0 Å². The summed E-state index contributed by atoms with van der Waals surface area (Å²) >= 11 is 0. The number of urea groups is 1. The summed E-state index contributed by atoms with van der Waals surface area (Å²) in [6, 6.07) is 7.90. The van der Waals surface area contributed by atoms with Crippen LogP contribution in [-0.2, 0) is 4.74 Å². The Kier molecular flexibility index (Phi) is 5.87. The zero-order valence-electron chi connectivity index (χ0n) is 13.0. The van der Waals surface area contributed by atoms with E-state index in [0.29, 0.717) is 0 Å². The number of carbonyl (C=O) groups excluding carboxylic acids is 1. The van der Waals surface area contributed by atoms with Gasteiger partial charge in [0.1, 0.15) is 0 Å².